The minimum Gasteiger partial charge on any atom is -0.400 e. The summed E-state index contributed by atoms with van der Waals surface area (Å²) in [5.74, 6) is 0.516. The topological polar surface area (TPSA) is 67.5 Å². The summed E-state index contributed by atoms with van der Waals surface area (Å²) in [7, 11) is 1.00. The first-order valence-corrected chi connectivity index (χ1v) is 3.40. The van der Waals surface area contributed by atoms with Crippen LogP contribution in [0.1, 0.15) is 10.5 Å². The molecule has 0 fully saturated rings. The highest BCUT2D eigenvalue weighted by atomic mass is 16.2. The third-order valence-electron chi connectivity index (χ3n) is 1.19. The monoisotopic (exact) mass is 181 g/mol. The summed E-state index contributed by atoms with van der Waals surface area (Å²) in [5, 5.41) is 10.8. The molecule has 1 aromatic rings. The zero-order valence-electron chi connectivity index (χ0n) is 7.34. The lowest BCUT2D eigenvalue weighted by Gasteiger charge is -1.90. The van der Waals surface area contributed by atoms with Crippen LogP contribution in [0.15, 0.2) is 17.6 Å². The molecule has 1 rings (SSSR count). The molecule has 1 heterocycles. The second-order valence-corrected chi connectivity index (χ2v) is 1.83. The molecule has 0 aliphatic heterocycles. The van der Waals surface area contributed by atoms with E-state index in [1.165, 1.54) is 16.9 Å². The fourth-order valence-corrected chi connectivity index (χ4v) is 0.713. The molecule has 0 radical (unpaired) electrons. The molecular formula is C8H11N3O2. The Kier molecular flexibility index (Phi) is 5.06. The van der Waals surface area contributed by atoms with Crippen molar-refractivity contribution in [2.75, 3.05) is 7.11 Å². The quantitative estimate of drug-likeness (QED) is 0.552. The number of aromatic nitrogens is 2. The molecule has 0 saturated carbocycles. The summed E-state index contributed by atoms with van der Waals surface area (Å²) in [5.41, 5.74) is 0.326. The van der Waals surface area contributed by atoms with Gasteiger partial charge in [-0.05, 0) is 6.72 Å². The summed E-state index contributed by atoms with van der Waals surface area (Å²) in [6.07, 6.45) is 2.10. The first-order chi connectivity index (χ1) is 6.31. The Bertz CT molecular complexity index is 279. The average Bonchev–Trinajstić information content (AvgIpc) is 2.63. The molecule has 0 spiro atoms. The number of carbonyl (C=O) groups is 1. The summed E-state index contributed by atoms with van der Waals surface area (Å²) >= 11 is 0. The van der Waals surface area contributed by atoms with Gasteiger partial charge in [0, 0.05) is 19.4 Å². The minimum atomic E-state index is 0.326. The van der Waals surface area contributed by atoms with E-state index in [-0.39, 0.29) is 0 Å². The summed E-state index contributed by atoms with van der Waals surface area (Å²) in [4.78, 5) is 13.9. The Hall–Kier alpha value is -1.75. The van der Waals surface area contributed by atoms with Gasteiger partial charge in [-0.25, -0.2) is 9.67 Å². The van der Waals surface area contributed by atoms with E-state index in [9.17, 15) is 4.79 Å². The zero-order chi connectivity index (χ0) is 10.3. The van der Waals surface area contributed by atoms with E-state index < -0.39 is 0 Å². The third kappa shape index (κ3) is 2.64. The van der Waals surface area contributed by atoms with Gasteiger partial charge in [-0.3, -0.25) is 4.79 Å². The zero-order valence-corrected chi connectivity index (χ0v) is 7.34. The van der Waals surface area contributed by atoms with E-state index in [1.54, 1.807) is 0 Å². The van der Waals surface area contributed by atoms with E-state index in [0.29, 0.717) is 17.8 Å². The van der Waals surface area contributed by atoms with Gasteiger partial charge in [0.2, 0.25) is 0 Å². The van der Waals surface area contributed by atoms with Crippen LogP contribution in [0.2, 0.25) is 0 Å². The van der Waals surface area contributed by atoms with Gasteiger partial charge in [0.15, 0.2) is 12.1 Å². The van der Waals surface area contributed by atoms with Crippen molar-refractivity contribution >= 4 is 25.0 Å². The molecule has 13 heavy (non-hydrogen) atoms. The number of nitrogens with zero attached hydrogens (tertiary/aromatic N) is 3. The molecule has 5 heteroatoms. The van der Waals surface area contributed by atoms with Gasteiger partial charge in [-0.15, -0.1) is 0 Å². The Morgan fingerprint density at radius 1 is 1.69 bits per heavy atom. The summed E-state index contributed by atoms with van der Waals surface area (Å²) in [6.45, 7) is 6.80. The molecule has 0 aliphatic carbocycles. The average molecular weight is 181 g/mol. The van der Waals surface area contributed by atoms with E-state index in [4.69, 9.17) is 5.11 Å². The molecule has 0 aliphatic rings. The highest BCUT2D eigenvalue weighted by Crippen LogP contribution is 2.11. The summed E-state index contributed by atoms with van der Waals surface area (Å²) in [6, 6.07) is 1.53. The molecule has 0 saturated heterocycles. The van der Waals surface area contributed by atoms with Crippen LogP contribution in [0.3, 0.4) is 0 Å². The Labute approximate surface area is 76.0 Å². The van der Waals surface area contributed by atoms with Crippen LogP contribution in [0.5, 0.6) is 0 Å². The van der Waals surface area contributed by atoms with Gasteiger partial charge in [0.25, 0.3) is 0 Å². The molecule has 70 valence electrons. The maximum atomic E-state index is 10.2. The van der Waals surface area contributed by atoms with Crippen molar-refractivity contribution in [2.45, 2.75) is 0 Å². The number of aliphatic hydroxyl groups excluding tert-OH is 1. The molecular weight excluding hydrogens is 170 g/mol. The van der Waals surface area contributed by atoms with Crippen LogP contribution in [-0.2, 0) is 0 Å². The summed E-state index contributed by atoms with van der Waals surface area (Å²) < 4.78 is 1.39. The molecule has 1 aromatic heterocycles. The molecule has 1 N–H and O–H groups in total. The fourth-order valence-electron chi connectivity index (χ4n) is 0.713. The van der Waals surface area contributed by atoms with Crippen molar-refractivity contribution in [3.05, 3.63) is 18.3 Å². The van der Waals surface area contributed by atoms with Crippen molar-refractivity contribution in [1.82, 2.24) is 9.78 Å². The number of aldehydes is 1. The van der Waals surface area contributed by atoms with Gasteiger partial charge < -0.3 is 5.11 Å². The predicted molar refractivity (Wildman–Crippen MR) is 51.4 cm³/mol. The van der Waals surface area contributed by atoms with Gasteiger partial charge in [-0.2, -0.15) is 5.10 Å². The van der Waals surface area contributed by atoms with Crippen molar-refractivity contribution in [3.63, 3.8) is 0 Å². The molecule has 0 aromatic carbocycles. The number of rotatable bonds is 3. The normalized spacial score (nSPS) is 8.15. The first kappa shape index (κ1) is 11.2. The minimum absolute atomic E-state index is 0.326. The van der Waals surface area contributed by atoms with Crippen LogP contribution in [0.4, 0.5) is 5.82 Å². The number of aliphatic imine (C=N–C) groups is 1. The molecule has 0 amide bonds. The molecule has 5 nitrogen and oxygen atoms in total. The highest BCUT2D eigenvalue weighted by molar-refractivity contribution is 5.73. The van der Waals surface area contributed by atoms with E-state index in [1.807, 2.05) is 0 Å². The van der Waals surface area contributed by atoms with E-state index in [0.717, 1.165) is 7.11 Å². The Balaban J connectivity index is 0.000000671. The molecule has 0 bridgehead atoms. The number of carbonyl (C=O) groups excluding carboxylic acids is 1. The van der Waals surface area contributed by atoms with Crippen molar-refractivity contribution < 1.29 is 9.90 Å². The van der Waals surface area contributed by atoms with Crippen LogP contribution >= 0.6 is 0 Å². The van der Waals surface area contributed by atoms with Crippen molar-refractivity contribution in [1.29, 1.82) is 0 Å². The third-order valence-corrected chi connectivity index (χ3v) is 1.19. The maximum absolute atomic E-state index is 10.2. The van der Waals surface area contributed by atoms with Crippen LogP contribution < -0.4 is 0 Å². The van der Waals surface area contributed by atoms with Crippen LogP contribution in [0.25, 0.3) is 6.20 Å². The van der Waals surface area contributed by atoms with Gasteiger partial charge in [-0.1, -0.05) is 6.58 Å². The first-order valence-electron chi connectivity index (χ1n) is 3.40. The van der Waals surface area contributed by atoms with E-state index >= 15 is 0 Å². The second kappa shape index (κ2) is 5.84. The van der Waals surface area contributed by atoms with Crippen LogP contribution in [-0.4, -0.2) is 35.0 Å². The highest BCUT2D eigenvalue weighted by Gasteiger charge is 2.01. The predicted octanol–water partition coefficient (Wildman–Crippen LogP) is 0.737. The van der Waals surface area contributed by atoms with Gasteiger partial charge in [0.1, 0.15) is 5.69 Å². The molecule has 0 atom stereocenters. The number of hydrogen-bond donors (Lipinski definition) is 1. The second-order valence-electron chi connectivity index (χ2n) is 1.83. The smallest absolute Gasteiger partial charge is 0.170 e. The molecule has 0 unspecified atom stereocenters. The SMILES string of the molecule is C=Cn1nc(C=O)cc1N=C.CO. The fraction of sp³-hybridized carbons (Fsp3) is 0.125. The standard InChI is InChI=1S/C7H7N3O.CH4O/c1-3-10-7(8-2)4-6(5-11)9-10;1-2/h3-5H,1-2H2;2H,1H3. The van der Waals surface area contributed by atoms with Crippen molar-refractivity contribution in [2.24, 2.45) is 4.99 Å². The number of aliphatic hydroxyl groups is 1. The van der Waals surface area contributed by atoms with E-state index in [2.05, 4.69) is 23.4 Å². The number of hydrogen-bond acceptors (Lipinski definition) is 4. The Morgan fingerprint density at radius 3 is 2.62 bits per heavy atom. The van der Waals surface area contributed by atoms with Gasteiger partial charge >= 0.3 is 0 Å². The lowest BCUT2D eigenvalue weighted by Crippen LogP contribution is -1.88. The lowest BCUT2D eigenvalue weighted by molar-refractivity contribution is 0.111. The van der Waals surface area contributed by atoms with Crippen molar-refractivity contribution in [3.8, 4) is 0 Å². The van der Waals surface area contributed by atoms with Gasteiger partial charge in [0.05, 0.1) is 0 Å². The largest absolute Gasteiger partial charge is 0.400 e. The lowest BCUT2D eigenvalue weighted by atomic mass is 10.5. The van der Waals surface area contributed by atoms with Crippen LogP contribution in [0, 0.1) is 0 Å². The Morgan fingerprint density at radius 2 is 2.31 bits per heavy atom. The maximum Gasteiger partial charge on any atom is 0.170 e.